The maximum atomic E-state index is 11.1. The molecule has 19 heavy (non-hydrogen) atoms. The van der Waals surface area contributed by atoms with Crippen molar-refractivity contribution in [2.24, 2.45) is 5.84 Å². The number of hydrazine groups is 1. The van der Waals surface area contributed by atoms with Crippen molar-refractivity contribution in [3.63, 3.8) is 0 Å². The van der Waals surface area contributed by atoms with E-state index < -0.39 is 0 Å². The summed E-state index contributed by atoms with van der Waals surface area (Å²) >= 11 is 0. The zero-order chi connectivity index (χ0) is 13.5. The number of carbonyl (C=O) groups excluding carboxylic acids is 1. The topological polar surface area (TPSA) is 70.4 Å². The van der Waals surface area contributed by atoms with Gasteiger partial charge >= 0.3 is 0 Å². The number of nitrogens with two attached hydrogens (primary N) is 1. The van der Waals surface area contributed by atoms with Crippen LogP contribution in [-0.4, -0.2) is 36.5 Å². The molecule has 4 N–H and O–H groups in total. The number of benzene rings is 1. The molecule has 0 aromatic heterocycles. The molecule has 1 aliphatic heterocycles. The van der Waals surface area contributed by atoms with Crippen LogP contribution in [-0.2, 0) is 11.3 Å². The van der Waals surface area contributed by atoms with Gasteiger partial charge in [0, 0.05) is 12.6 Å². The van der Waals surface area contributed by atoms with E-state index in [4.69, 9.17) is 5.84 Å². The van der Waals surface area contributed by atoms with Crippen molar-refractivity contribution in [2.45, 2.75) is 25.4 Å². The van der Waals surface area contributed by atoms with E-state index in [1.54, 1.807) is 0 Å². The third kappa shape index (κ3) is 4.63. The number of hydrogen-bond donors (Lipinski definition) is 3. The molecule has 1 heterocycles. The minimum absolute atomic E-state index is 0.160. The Balaban J connectivity index is 1.69. The molecule has 1 amide bonds. The zero-order valence-corrected chi connectivity index (χ0v) is 11.1. The Morgan fingerprint density at radius 1 is 1.26 bits per heavy atom. The van der Waals surface area contributed by atoms with Crippen molar-refractivity contribution < 1.29 is 4.79 Å². The molecule has 0 aliphatic carbocycles. The Labute approximate surface area is 114 Å². The fraction of sp³-hybridized carbons (Fsp3) is 0.500. The second-order valence-corrected chi connectivity index (χ2v) is 4.98. The standard InChI is InChI=1S/C14H22N4O/c15-17-14(19)10-16-13-6-8-18(9-7-13)11-12-4-2-1-3-5-12/h1-5,13,16H,6-11,15H2,(H,17,19). The summed E-state index contributed by atoms with van der Waals surface area (Å²) in [5.41, 5.74) is 3.49. The van der Waals surface area contributed by atoms with Crippen LogP contribution in [0.4, 0.5) is 0 Å². The maximum Gasteiger partial charge on any atom is 0.247 e. The highest BCUT2D eigenvalue weighted by atomic mass is 16.2. The number of amides is 1. The van der Waals surface area contributed by atoms with Gasteiger partial charge in [0.1, 0.15) is 0 Å². The molecule has 5 nitrogen and oxygen atoms in total. The van der Waals surface area contributed by atoms with E-state index in [2.05, 4.69) is 39.9 Å². The Bertz CT molecular complexity index is 388. The molecule has 0 spiro atoms. The molecule has 0 bridgehead atoms. The molecule has 5 heteroatoms. The largest absolute Gasteiger partial charge is 0.305 e. The lowest BCUT2D eigenvalue weighted by atomic mass is 10.0. The van der Waals surface area contributed by atoms with E-state index in [-0.39, 0.29) is 5.91 Å². The quantitative estimate of drug-likeness (QED) is 0.404. The highest BCUT2D eigenvalue weighted by Crippen LogP contribution is 2.13. The number of likely N-dealkylation sites (tertiary alicyclic amines) is 1. The summed E-state index contributed by atoms with van der Waals surface area (Å²) in [6.45, 7) is 3.45. The summed E-state index contributed by atoms with van der Waals surface area (Å²) in [5, 5.41) is 3.24. The van der Waals surface area contributed by atoms with Crippen LogP contribution in [0.15, 0.2) is 30.3 Å². The van der Waals surface area contributed by atoms with Gasteiger partial charge in [-0.3, -0.25) is 15.1 Å². The Morgan fingerprint density at radius 2 is 1.95 bits per heavy atom. The predicted molar refractivity (Wildman–Crippen MR) is 75.1 cm³/mol. The van der Waals surface area contributed by atoms with E-state index in [0.29, 0.717) is 12.6 Å². The van der Waals surface area contributed by atoms with E-state index in [1.807, 2.05) is 6.07 Å². The first-order valence-electron chi connectivity index (χ1n) is 6.77. The molecule has 1 aliphatic rings. The summed E-state index contributed by atoms with van der Waals surface area (Å²) < 4.78 is 0. The Hall–Kier alpha value is -1.43. The van der Waals surface area contributed by atoms with E-state index in [0.717, 1.165) is 32.5 Å². The molecule has 0 unspecified atom stereocenters. The van der Waals surface area contributed by atoms with Gasteiger partial charge in [-0.15, -0.1) is 0 Å². The lowest BCUT2D eigenvalue weighted by Gasteiger charge is -2.32. The SMILES string of the molecule is NNC(=O)CNC1CCN(Cc2ccccc2)CC1. The summed E-state index contributed by atoms with van der Waals surface area (Å²) in [4.78, 5) is 13.5. The van der Waals surface area contributed by atoms with Crippen LogP contribution < -0.4 is 16.6 Å². The van der Waals surface area contributed by atoms with Crippen molar-refractivity contribution in [1.29, 1.82) is 0 Å². The molecular formula is C14H22N4O. The van der Waals surface area contributed by atoms with E-state index in [9.17, 15) is 4.79 Å². The molecule has 2 rings (SSSR count). The van der Waals surface area contributed by atoms with Crippen LogP contribution in [0.5, 0.6) is 0 Å². The minimum Gasteiger partial charge on any atom is -0.305 e. The summed E-state index contributed by atoms with van der Waals surface area (Å²) in [6, 6.07) is 10.9. The van der Waals surface area contributed by atoms with Crippen molar-refractivity contribution in [1.82, 2.24) is 15.6 Å². The predicted octanol–water partition coefficient (Wildman–Crippen LogP) is 0.230. The van der Waals surface area contributed by atoms with Gasteiger partial charge < -0.3 is 5.32 Å². The van der Waals surface area contributed by atoms with Crippen molar-refractivity contribution in [3.8, 4) is 0 Å². The highest BCUT2D eigenvalue weighted by Gasteiger charge is 2.19. The summed E-state index contributed by atoms with van der Waals surface area (Å²) in [5.74, 6) is 4.89. The molecule has 104 valence electrons. The Morgan fingerprint density at radius 3 is 2.58 bits per heavy atom. The third-order valence-electron chi connectivity index (χ3n) is 3.55. The van der Waals surface area contributed by atoms with Gasteiger partial charge in [0.05, 0.1) is 6.54 Å². The number of nitrogens with zero attached hydrogens (tertiary/aromatic N) is 1. The van der Waals surface area contributed by atoms with Crippen LogP contribution in [0.25, 0.3) is 0 Å². The normalized spacial score (nSPS) is 17.3. The summed E-state index contributed by atoms with van der Waals surface area (Å²) in [7, 11) is 0. The van der Waals surface area contributed by atoms with Gasteiger partial charge in [0.25, 0.3) is 0 Å². The highest BCUT2D eigenvalue weighted by molar-refractivity contribution is 5.77. The third-order valence-corrected chi connectivity index (χ3v) is 3.55. The average Bonchev–Trinajstić information content (AvgIpc) is 2.47. The number of rotatable bonds is 5. The Kier molecular flexibility index (Phi) is 5.32. The molecule has 1 fully saturated rings. The van der Waals surface area contributed by atoms with Gasteiger partial charge in [0.2, 0.25) is 5.91 Å². The minimum atomic E-state index is -0.160. The van der Waals surface area contributed by atoms with Crippen molar-refractivity contribution in [3.05, 3.63) is 35.9 Å². The monoisotopic (exact) mass is 262 g/mol. The fourth-order valence-corrected chi connectivity index (χ4v) is 2.42. The first-order valence-corrected chi connectivity index (χ1v) is 6.77. The number of nitrogens with one attached hydrogen (secondary N) is 2. The van der Waals surface area contributed by atoms with Crippen molar-refractivity contribution in [2.75, 3.05) is 19.6 Å². The first kappa shape index (κ1) is 14.0. The van der Waals surface area contributed by atoms with Gasteiger partial charge in [-0.25, -0.2) is 5.84 Å². The van der Waals surface area contributed by atoms with Crippen LogP contribution in [0.1, 0.15) is 18.4 Å². The first-order chi connectivity index (χ1) is 9.28. The van der Waals surface area contributed by atoms with E-state index in [1.165, 1.54) is 5.56 Å². The fourth-order valence-electron chi connectivity index (χ4n) is 2.42. The van der Waals surface area contributed by atoms with Crippen molar-refractivity contribution >= 4 is 5.91 Å². The second-order valence-electron chi connectivity index (χ2n) is 4.98. The molecular weight excluding hydrogens is 240 g/mol. The summed E-state index contributed by atoms with van der Waals surface area (Å²) in [6.07, 6.45) is 2.15. The number of carbonyl (C=O) groups is 1. The second kappa shape index (κ2) is 7.23. The molecule has 1 saturated heterocycles. The van der Waals surface area contributed by atoms with Crippen LogP contribution in [0.2, 0.25) is 0 Å². The molecule has 1 aromatic carbocycles. The van der Waals surface area contributed by atoms with Crippen LogP contribution in [0.3, 0.4) is 0 Å². The molecule has 0 saturated carbocycles. The zero-order valence-electron chi connectivity index (χ0n) is 11.1. The van der Waals surface area contributed by atoms with E-state index >= 15 is 0 Å². The maximum absolute atomic E-state index is 11.1. The van der Waals surface area contributed by atoms with Gasteiger partial charge in [-0.1, -0.05) is 30.3 Å². The smallest absolute Gasteiger partial charge is 0.247 e. The van der Waals surface area contributed by atoms with Gasteiger partial charge in [0.15, 0.2) is 0 Å². The van der Waals surface area contributed by atoms with Gasteiger partial charge in [-0.05, 0) is 31.5 Å². The lowest BCUT2D eigenvalue weighted by Crippen LogP contribution is -2.46. The lowest BCUT2D eigenvalue weighted by molar-refractivity contribution is -0.120. The molecule has 0 radical (unpaired) electrons. The molecule has 0 atom stereocenters. The van der Waals surface area contributed by atoms with Gasteiger partial charge in [-0.2, -0.15) is 0 Å². The average molecular weight is 262 g/mol. The number of piperidine rings is 1. The van der Waals surface area contributed by atoms with Crippen LogP contribution in [0, 0.1) is 0 Å². The number of hydrogen-bond acceptors (Lipinski definition) is 4. The van der Waals surface area contributed by atoms with Crippen LogP contribution >= 0.6 is 0 Å². The molecule has 1 aromatic rings.